The first-order valence-corrected chi connectivity index (χ1v) is 8.81. The molecule has 4 N–H and O–H groups in total. The molecular weight excluding hydrogens is 350 g/mol. The van der Waals surface area contributed by atoms with Crippen molar-refractivity contribution >= 4 is 28.5 Å². The van der Waals surface area contributed by atoms with E-state index in [1.54, 1.807) is 12.1 Å². The minimum atomic E-state index is -1.01. The Balaban J connectivity index is 2.23. The van der Waals surface area contributed by atoms with Crippen LogP contribution in [0.4, 0.5) is 0 Å². The maximum absolute atomic E-state index is 12.1. The monoisotopic (exact) mass is 369 g/mol. The van der Waals surface area contributed by atoms with Crippen molar-refractivity contribution in [2.45, 2.75) is 13.0 Å². The lowest BCUT2D eigenvalue weighted by molar-refractivity contribution is 0.0696. The molecule has 0 amide bonds. The molecule has 0 atom stereocenters. The van der Waals surface area contributed by atoms with Crippen molar-refractivity contribution in [1.82, 2.24) is 10.3 Å². The lowest BCUT2D eigenvalue weighted by Gasteiger charge is -2.15. The fraction of sp³-hybridized carbons (Fsp3) is 0.200. The third kappa shape index (κ3) is 3.85. The Labute approximate surface area is 156 Å². The first kappa shape index (κ1) is 18.3. The molecule has 3 aromatic rings. The summed E-state index contributed by atoms with van der Waals surface area (Å²) in [6, 6.07) is 14.8. The fourth-order valence-electron chi connectivity index (χ4n) is 2.98. The zero-order chi connectivity index (χ0) is 18.5. The molecule has 3 rings (SSSR count). The second-order valence-electron chi connectivity index (χ2n) is 5.96. The van der Waals surface area contributed by atoms with E-state index in [9.17, 15) is 9.90 Å². The second kappa shape index (κ2) is 8.27. The Bertz CT molecular complexity index is 929. The van der Waals surface area contributed by atoms with Gasteiger partial charge in [-0.2, -0.15) is 0 Å². The summed E-state index contributed by atoms with van der Waals surface area (Å²) in [4.78, 5) is 16.7. The molecule has 1 heterocycles. The van der Waals surface area contributed by atoms with Crippen molar-refractivity contribution < 1.29 is 9.90 Å². The molecule has 0 spiro atoms. The van der Waals surface area contributed by atoms with Crippen molar-refractivity contribution in [3.8, 4) is 11.1 Å². The largest absolute Gasteiger partial charge is 0.478 e. The number of carboxylic acids is 1. The number of rotatable bonds is 7. The number of nitrogens with two attached hydrogens (primary N) is 1. The standard InChI is InChI=1S/C20H20ClN3O2/c21-14-7-8-16-15(11-14)18(13-5-2-1-3-6-13)19(20(25)26)17(24-16)12-23-10-4-9-22/h1-3,5-8,11,23H,4,9-10,12,22H2,(H,25,26). The van der Waals surface area contributed by atoms with E-state index in [1.807, 2.05) is 36.4 Å². The van der Waals surface area contributed by atoms with Crippen LogP contribution in [0.25, 0.3) is 22.0 Å². The van der Waals surface area contributed by atoms with Gasteiger partial charge in [-0.05, 0) is 43.3 Å². The van der Waals surface area contributed by atoms with Crippen LogP contribution in [0.5, 0.6) is 0 Å². The normalized spacial score (nSPS) is 11.0. The average Bonchev–Trinajstić information content (AvgIpc) is 2.64. The Morgan fingerprint density at radius 2 is 1.96 bits per heavy atom. The quantitative estimate of drug-likeness (QED) is 0.553. The summed E-state index contributed by atoms with van der Waals surface area (Å²) in [5.74, 6) is -1.01. The van der Waals surface area contributed by atoms with Gasteiger partial charge in [0.15, 0.2) is 0 Å². The topological polar surface area (TPSA) is 88.2 Å². The third-order valence-electron chi connectivity index (χ3n) is 4.15. The van der Waals surface area contributed by atoms with Crippen molar-refractivity contribution in [1.29, 1.82) is 0 Å². The molecule has 1 aromatic heterocycles. The molecule has 0 unspecified atom stereocenters. The second-order valence-corrected chi connectivity index (χ2v) is 6.40. The van der Waals surface area contributed by atoms with Crippen molar-refractivity contribution in [2.75, 3.05) is 13.1 Å². The summed E-state index contributed by atoms with van der Waals surface area (Å²) in [5, 5.41) is 14.4. The number of pyridine rings is 1. The van der Waals surface area contributed by atoms with E-state index in [1.165, 1.54) is 0 Å². The predicted molar refractivity (Wildman–Crippen MR) is 105 cm³/mol. The number of halogens is 1. The summed E-state index contributed by atoms with van der Waals surface area (Å²) in [6.07, 6.45) is 0.817. The Hall–Kier alpha value is -2.47. The highest BCUT2D eigenvalue weighted by Crippen LogP contribution is 2.34. The van der Waals surface area contributed by atoms with E-state index < -0.39 is 5.97 Å². The van der Waals surface area contributed by atoms with Gasteiger partial charge in [-0.1, -0.05) is 41.9 Å². The molecule has 0 aliphatic carbocycles. The van der Waals surface area contributed by atoms with E-state index in [0.717, 1.165) is 17.4 Å². The SMILES string of the molecule is NCCCNCc1nc2ccc(Cl)cc2c(-c2ccccc2)c1C(=O)O. The summed E-state index contributed by atoms with van der Waals surface area (Å²) >= 11 is 6.17. The number of carboxylic acid groups (broad SMARTS) is 1. The van der Waals surface area contributed by atoms with Gasteiger partial charge < -0.3 is 16.2 Å². The molecule has 0 saturated carbocycles. The number of aromatic nitrogens is 1. The average molecular weight is 370 g/mol. The number of nitrogens with one attached hydrogen (secondary N) is 1. The van der Waals surface area contributed by atoms with Gasteiger partial charge in [0, 0.05) is 22.5 Å². The van der Waals surface area contributed by atoms with Gasteiger partial charge in [0.05, 0.1) is 16.8 Å². The van der Waals surface area contributed by atoms with Crippen LogP contribution in [0.2, 0.25) is 5.02 Å². The highest BCUT2D eigenvalue weighted by atomic mass is 35.5. The van der Waals surface area contributed by atoms with Crippen LogP contribution in [0, 0.1) is 0 Å². The molecule has 6 heteroatoms. The molecule has 0 radical (unpaired) electrons. The number of nitrogens with zero attached hydrogens (tertiary/aromatic N) is 1. The number of hydrogen-bond donors (Lipinski definition) is 3. The minimum Gasteiger partial charge on any atom is -0.478 e. The van der Waals surface area contributed by atoms with E-state index >= 15 is 0 Å². The van der Waals surface area contributed by atoms with Crippen LogP contribution in [0.3, 0.4) is 0 Å². The number of fused-ring (bicyclic) bond motifs is 1. The van der Waals surface area contributed by atoms with E-state index in [0.29, 0.717) is 41.4 Å². The molecule has 0 fully saturated rings. The van der Waals surface area contributed by atoms with Crippen LogP contribution < -0.4 is 11.1 Å². The first-order valence-electron chi connectivity index (χ1n) is 8.43. The van der Waals surface area contributed by atoms with Crippen LogP contribution in [0.1, 0.15) is 22.5 Å². The number of benzene rings is 2. The predicted octanol–water partition coefficient (Wildman–Crippen LogP) is 3.69. The van der Waals surface area contributed by atoms with Gasteiger partial charge >= 0.3 is 5.97 Å². The van der Waals surface area contributed by atoms with Gasteiger partial charge in [-0.15, -0.1) is 0 Å². The van der Waals surface area contributed by atoms with Gasteiger partial charge in [0.2, 0.25) is 0 Å². The summed E-state index contributed by atoms with van der Waals surface area (Å²) in [6.45, 7) is 1.65. The van der Waals surface area contributed by atoms with Gasteiger partial charge in [-0.3, -0.25) is 4.98 Å². The molecule has 26 heavy (non-hydrogen) atoms. The van der Waals surface area contributed by atoms with E-state index in [2.05, 4.69) is 10.3 Å². The molecular formula is C20H20ClN3O2. The summed E-state index contributed by atoms with van der Waals surface area (Å²) in [7, 11) is 0. The highest BCUT2D eigenvalue weighted by molar-refractivity contribution is 6.31. The molecule has 0 aliphatic heterocycles. The van der Waals surface area contributed by atoms with Crippen molar-refractivity contribution in [3.05, 3.63) is 64.8 Å². The lowest BCUT2D eigenvalue weighted by Crippen LogP contribution is -2.21. The van der Waals surface area contributed by atoms with Crippen LogP contribution in [0.15, 0.2) is 48.5 Å². The Morgan fingerprint density at radius 3 is 2.65 bits per heavy atom. The fourth-order valence-corrected chi connectivity index (χ4v) is 3.16. The molecule has 2 aromatic carbocycles. The third-order valence-corrected chi connectivity index (χ3v) is 4.38. The molecule has 0 bridgehead atoms. The Kier molecular flexibility index (Phi) is 5.83. The van der Waals surface area contributed by atoms with E-state index in [-0.39, 0.29) is 5.56 Å². The maximum atomic E-state index is 12.1. The number of hydrogen-bond acceptors (Lipinski definition) is 4. The molecule has 134 valence electrons. The number of carbonyl (C=O) groups is 1. The minimum absolute atomic E-state index is 0.200. The van der Waals surface area contributed by atoms with E-state index in [4.69, 9.17) is 17.3 Å². The van der Waals surface area contributed by atoms with Gasteiger partial charge in [0.1, 0.15) is 0 Å². The summed E-state index contributed by atoms with van der Waals surface area (Å²) in [5.41, 5.74) is 8.39. The zero-order valence-electron chi connectivity index (χ0n) is 14.2. The first-order chi connectivity index (χ1) is 12.6. The van der Waals surface area contributed by atoms with Crippen molar-refractivity contribution in [3.63, 3.8) is 0 Å². The molecule has 0 saturated heterocycles. The zero-order valence-corrected chi connectivity index (χ0v) is 15.0. The lowest BCUT2D eigenvalue weighted by atomic mass is 9.94. The van der Waals surface area contributed by atoms with Gasteiger partial charge in [-0.25, -0.2) is 4.79 Å². The molecule has 0 aliphatic rings. The van der Waals surface area contributed by atoms with Crippen LogP contribution >= 0.6 is 11.6 Å². The van der Waals surface area contributed by atoms with Crippen LogP contribution in [-0.2, 0) is 6.54 Å². The maximum Gasteiger partial charge on any atom is 0.338 e. The Morgan fingerprint density at radius 1 is 1.19 bits per heavy atom. The number of aromatic carboxylic acids is 1. The summed E-state index contributed by atoms with van der Waals surface area (Å²) < 4.78 is 0. The highest BCUT2D eigenvalue weighted by Gasteiger charge is 2.21. The molecule has 5 nitrogen and oxygen atoms in total. The van der Waals surface area contributed by atoms with Crippen LogP contribution in [-0.4, -0.2) is 29.1 Å². The smallest absolute Gasteiger partial charge is 0.338 e. The van der Waals surface area contributed by atoms with Gasteiger partial charge in [0.25, 0.3) is 0 Å². The van der Waals surface area contributed by atoms with Crippen molar-refractivity contribution in [2.24, 2.45) is 5.73 Å².